The number of fused-ring (bicyclic) bond motifs is 3. The molecule has 0 amide bonds. The largest absolute Gasteiger partial charge is 0.490 e. The number of halogens is 1. The van der Waals surface area contributed by atoms with Crippen LogP contribution in [0.15, 0.2) is 49.1 Å². The molecule has 35 heavy (non-hydrogen) atoms. The molecule has 2 N–H and O–H groups in total. The monoisotopic (exact) mass is 495 g/mol. The lowest BCUT2D eigenvalue weighted by Gasteiger charge is -2.52. The average Bonchev–Trinajstić information content (AvgIpc) is 2.98. The van der Waals surface area contributed by atoms with Crippen LogP contribution in [-0.4, -0.2) is 42.0 Å². The number of carboxylic acid groups (broad SMARTS) is 1. The minimum Gasteiger partial charge on any atom is -0.490 e. The van der Waals surface area contributed by atoms with Gasteiger partial charge in [0.25, 0.3) is 0 Å². The Morgan fingerprint density at radius 3 is 2.86 bits per heavy atom. The van der Waals surface area contributed by atoms with E-state index in [1.165, 1.54) is 11.1 Å². The number of ether oxygens (including phenoxy) is 1. The molecule has 2 aromatic carbocycles. The van der Waals surface area contributed by atoms with Gasteiger partial charge in [-0.25, -0.2) is 4.79 Å². The van der Waals surface area contributed by atoms with Crippen molar-refractivity contribution in [2.24, 2.45) is 11.3 Å². The molecule has 1 aliphatic heterocycles. The van der Waals surface area contributed by atoms with Crippen LogP contribution in [0.3, 0.4) is 0 Å². The fraction of sp³-hybridized carbons (Fsp3) is 0.483. The summed E-state index contributed by atoms with van der Waals surface area (Å²) < 4.78 is 6.43. The van der Waals surface area contributed by atoms with Gasteiger partial charge in [0.15, 0.2) is 0 Å². The SMILES string of the molecule is C=CC[C@H](O)[C@@]1(C)CC[C@@H]1CN1C[C@@]2(CCCc3cc(Cl)ccc32)COc2ccc(C(=O)O)cc21. The number of hydrogen-bond donors (Lipinski definition) is 2. The molecule has 3 aliphatic rings. The second-order valence-corrected chi connectivity index (χ2v) is 11.3. The Morgan fingerprint density at radius 1 is 1.31 bits per heavy atom. The van der Waals surface area contributed by atoms with Crippen LogP contribution in [0.5, 0.6) is 5.75 Å². The predicted molar refractivity (Wildman–Crippen MR) is 139 cm³/mol. The minimum atomic E-state index is -0.945. The van der Waals surface area contributed by atoms with Gasteiger partial charge in [-0.2, -0.15) is 0 Å². The molecule has 1 fully saturated rings. The van der Waals surface area contributed by atoms with Gasteiger partial charge in [-0.05, 0) is 91.3 Å². The molecular weight excluding hydrogens is 462 g/mol. The van der Waals surface area contributed by atoms with Gasteiger partial charge in [-0.15, -0.1) is 6.58 Å². The highest BCUT2D eigenvalue weighted by Gasteiger charge is 2.49. The molecule has 2 aliphatic carbocycles. The molecule has 5 nitrogen and oxygen atoms in total. The second kappa shape index (κ2) is 9.18. The van der Waals surface area contributed by atoms with Crippen molar-refractivity contribution in [3.05, 3.63) is 70.8 Å². The standard InChI is InChI=1S/C29H34ClNO4/c1-3-5-26(32)28(2)13-11-21(28)16-31-17-29(12-4-6-19-14-22(30)8-9-23(19)29)18-35-25-10-7-20(27(33)34)15-24(25)31/h3,7-10,14-15,21,26,32H,1,4-6,11-13,16-18H2,2H3,(H,33,34)/t21-,26+,28+,29+/m1/s1. The molecule has 4 atom stereocenters. The minimum absolute atomic E-state index is 0.183. The van der Waals surface area contributed by atoms with Crippen molar-refractivity contribution in [3.63, 3.8) is 0 Å². The van der Waals surface area contributed by atoms with E-state index in [9.17, 15) is 15.0 Å². The lowest BCUT2D eigenvalue weighted by Crippen LogP contribution is -2.53. The van der Waals surface area contributed by atoms with Crippen LogP contribution in [-0.2, 0) is 11.8 Å². The first-order chi connectivity index (χ1) is 16.8. The highest BCUT2D eigenvalue weighted by Crippen LogP contribution is 2.52. The maximum Gasteiger partial charge on any atom is 0.335 e. The maximum absolute atomic E-state index is 11.8. The number of carboxylic acids is 1. The highest BCUT2D eigenvalue weighted by molar-refractivity contribution is 6.30. The van der Waals surface area contributed by atoms with Crippen molar-refractivity contribution >= 4 is 23.3 Å². The van der Waals surface area contributed by atoms with Crippen molar-refractivity contribution in [3.8, 4) is 5.75 Å². The summed E-state index contributed by atoms with van der Waals surface area (Å²) in [5.74, 6) is 0.0714. The zero-order chi connectivity index (χ0) is 24.8. The number of aryl methyl sites for hydroxylation is 1. The average molecular weight is 496 g/mol. The van der Waals surface area contributed by atoms with E-state index >= 15 is 0 Å². The van der Waals surface area contributed by atoms with E-state index in [1.54, 1.807) is 24.3 Å². The Hall–Kier alpha value is -2.50. The summed E-state index contributed by atoms with van der Waals surface area (Å²) in [7, 11) is 0. The molecule has 1 spiro atoms. The fourth-order valence-corrected chi connectivity index (χ4v) is 6.68. The Labute approximate surface area is 212 Å². The molecular formula is C29H34ClNO4. The first-order valence-electron chi connectivity index (χ1n) is 12.6. The molecule has 0 radical (unpaired) electrons. The third kappa shape index (κ3) is 4.23. The quantitative estimate of drug-likeness (QED) is 0.491. The molecule has 2 aromatic rings. The Kier molecular flexibility index (Phi) is 6.35. The van der Waals surface area contributed by atoms with E-state index in [2.05, 4.69) is 30.5 Å². The van der Waals surface area contributed by atoms with Gasteiger partial charge < -0.3 is 19.8 Å². The Morgan fingerprint density at radius 2 is 2.14 bits per heavy atom. The van der Waals surface area contributed by atoms with Crippen LogP contribution in [0.2, 0.25) is 5.02 Å². The molecule has 0 bridgehead atoms. The van der Waals surface area contributed by atoms with Crippen LogP contribution in [0.25, 0.3) is 0 Å². The summed E-state index contributed by atoms with van der Waals surface area (Å²) in [6.07, 6.45) is 7.01. The summed E-state index contributed by atoms with van der Waals surface area (Å²) in [6.45, 7) is 8.01. The first-order valence-corrected chi connectivity index (χ1v) is 13.0. The van der Waals surface area contributed by atoms with Crippen molar-refractivity contribution in [1.29, 1.82) is 0 Å². The van der Waals surface area contributed by atoms with Gasteiger partial charge in [0.2, 0.25) is 0 Å². The van der Waals surface area contributed by atoms with Gasteiger partial charge in [-0.3, -0.25) is 0 Å². The van der Waals surface area contributed by atoms with Gasteiger partial charge in [0, 0.05) is 23.5 Å². The highest BCUT2D eigenvalue weighted by atomic mass is 35.5. The fourth-order valence-electron chi connectivity index (χ4n) is 6.48. The summed E-state index contributed by atoms with van der Waals surface area (Å²) in [5.41, 5.74) is 3.26. The van der Waals surface area contributed by atoms with Gasteiger partial charge >= 0.3 is 5.97 Å². The van der Waals surface area contributed by atoms with Gasteiger partial charge in [-0.1, -0.05) is 30.7 Å². The smallest absolute Gasteiger partial charge is 0.335 e. The number of aliphatic hydroxyl groups is 1. The number of nitrogens with zero attached hydrogens (tertiary/aromatic N) is 1. The van der Waals surface area contributed by atoms with Crippen molar-refractivity contribution in [2.75, 3.05) is 24.6 Å². The van der Waals surface area contributed by atoms with Crippen molar-refractivity contribution in [2.45, 2.75) is 57.0 Å². The van der Waals surface area contributed by atoms with Crippen LogP contribution in [0.4, 0.5) is 5.69 Å². The van der Waals surface area contributed by atoms with Crippen LogP contribution in [0.1, 0.15) is 60.5 Å². The number of anilines is 1. The van der Waals surface area contributed by atoms with E-state index in [-0.39, 0.29) is 16.4 Å². The predicted octanol–water partition coefficient (Wildman–Crippen LogP) is 5.86. The molecule has 6 heteroatoms. The van der Waals surface area contributed by atoms with E-state index in [0.717, 1.165) is 61.7 Å². The first kappa shape index (κ1) is 24.2. The lowest BCUT2D eigenvalue weighted by atomic mass is 9.57. The zero-order valence-electron chi connectivity index (χ0n) is 20.3. The van der Waals surface area contributed by atoms with Crippen LogP contribution >= 0.6 is 11.6 Å². The summed E-state index contributed by atoms with van der Waals surface area (Å²) in [5, 5.41) is 21.3. The molecule has 0 aromatic heterocycles. The van der Waals surface area contributed by atoms with Crippen LogP contribution < -0.4 is 9.64 Å². The molecule has 1 heterocycles. The molecule has 0 unspecified atom stereocenters. The van der Waals surface area contributed by atoms with Crippen molar-refractivity contribution in [1.82, 2.24) is 0 Å². The Balaban J connectivity index is 1.55. The van der Waals surface area contributed by atoms with E-state index < -0.39 is 12.1 Å². The third-order valence-corrected chi connectivity index (χ3v) is 9.08. The number of aromatic carboxylic acids is 1. The number of aliphatic hydroxyl groups excluding tert-OH is 1. The normalized spacial score (nSPS) is 28.2. The molecule has 186 valence electrons. The van der Waals surface area contributed by atoms with Crippen LogP contribution in [0, 0.1) is 11.3 Å². The van der Waals surface area contributed by atoms with Gasteiger partial charge in [0.05, 0.1) is 24.0 Å². The second-order valence-electron chi connectivity index (χ2n) is 10.9. The molecule has 5 rings (SSSR count). The van der Waals surface area contributed by atoms with Gasteiger partial charge in [0.1, 0.15) is 5.75 Å². The number of rotatable bonds is 6. The van der Waals surface area contributed by atoms with E-state index in [1.807, 2.05) is 6.07 Å². The number of carbonyl (C=O) groups is 1. The number of hydrogen-bond acceptors (Lipinski definition) is 4. The molecule has 0 saturated heterocycles. The Bertz CT molecular complexity index is 1150. The van der Waals surface area contributed by atoms with Crippen molar-refractivity contribution < 1.29 is 19.7 Å². The summed E-state index contributed by atoms with van der Waals surface area (Å²) >= 11 is 6.34. The summed E-state index contributed by atoms with van der Waals surface area (Å²) in [4.78, 5) is 14.1. The van der Waals surface area contributed by atoms with E-state index in [4.69, 9.17) is 16.3 Å². The topological polar surface area (TPSA) is 70.0 Å². The lowest BCUT2D eigenvalue weighted by molar-refractivity contribution is -0.0695. The molecule has 1 saturated carbocycles. The maximum atomic E-state index is 11.8. The third-order valence-electron chi connectivity index (χ3n) is 8.84. The summed E-state index contributed by atoms with van der Waals surface area (Å²) in [6, 6.07) is 11.4. The van der Waals surface area contributed by atoms with E-state index in [0.29, 0.717) is 18.9 Å². The zero-order valence-corrected chi connectivity index (χ0v) is 21.1. The number of benzene rings is 2.